The summed E-state index contributed by atoms with van der Waals surface area (Å²) >= 11 is 8.09. The first-order valence-corrected chi connectivity index (χ1v) is 20.2. The van der Waals surface area contributed by atoms with E-state index in [0.717, 1.165) is 36.7 Å². The number of carbonyl (C=O) groups is 2. The molecule has 1 N–H and O–H groups in total. The van der Waals surface area contributed by atoms with Gasteiger partial charge in [0.25, 0.3) is 5.01 Å². The lowest BCUT2D eigenvalue weighted by Gasteiger charge is -2.30. The molecule has 11 heteroatoms. The molecule has 242 valence electrons. The lowest BCUT2D eigenvalue weighted by molar-refractivity contribution is -0.664. The van der Waals surface area contributed by atoms with Gasteiger partial charge in [0, 0.05) is 40.0 Å². The number of carboxylic acid groups (broad SMARTS) is 2. The number of aryl methyl sites for hydroxylation is 1. The van der Waals surface area contributed by atoms with E-state index in [0.29, 0.717) is 5.75 Å². The quantitative estimate of drug-likeness (QED) is 0.105. The Labute approximate surface area is 292 Å². The predicted octanol–water partition coefficient (Wildman–Crippen LogP) is 7.35. The fourth-order valence-electron chi connectivity index (χ4n) is 5.70. The maximum atomic E-state index is 11.0. The topological polar surface area (TPSA) is 84.6 Å². The zero-order valence-corrected chi connectivity index (χ0v) is 30.3. The van der Waals surface area contributed by atoms with Crippen LogP contribution in [-0.2, 0) is 16.1 Å². The lowest BCUT2D eigenvalue weighted by atomic mass is 9.75. The van der Waals surface area contributed by atoms with Crippen LogP contribution in [0.15, 0.2) is 92.7 Å². The van der Waals surface area contributed by atoms with Crippen LogP contribution in [0, 0.1) is 5.41 Å². The van der Waals surface area contributed by atoms with Crippen LogP contribution in [-0.4, -0.2) is 52.9 Å². The van der Waals surface area contributed by atoms with Crippen LogP contribution in [0.3, 0.4) is 0 Å². The van der Waals surface area contributed by atoms with E-state index < -0.39 is 11.9 Å². The van der Waals surface area contributed by atoms with Crippen molar-refractivity contribution in [3.05, 3.63) is 88.0 Å². The second-order valence-corrected chi connectivity index (χ2v) is 17.1. The molecular formula is C35H38N2O4S5. The first kappa shape index (κ1) is 34.8. The number of carbonyl (C=O) groups excluding carboxylic acids is 1. The fraction of sp³-hybridized carbons (Fsp3) is 0.343. The normalized spacial score (nSPS) is 17.7. The zero-order chi connectivity index (χ0) is 32.7. The Morgan fingerprint density at radius 3 is 2.70 bits per heavy atom. The van der Waals surface area contributed by atoms with E-state index >= 15 is 0 Å². The third-order valence-electron chi connectivity index (χ3n) is 7.53. The Morgan fingerprint density at radius 2 is 1.91 bits per heavy atom. The Kier molecular flexibility index (Phi) is 12.1. The Bertz CT molecular complexity index is 1720. The SMILES string of the molecule is CSc1ccc2c(c1)N(CCSCC(=O)O)/C(=C/C=C/C1=CC(=C/c3sc4ccccc4[n+]3CCSCC(=O)[O-])/CC(C)(C)C1)S2. The van der Waals surface area contributed by atoms with Gasteiger partial charge in [0.05, 0.1) is 28.2 Å². The second kappa shape index (κ2) is 16.0. The van der Waals surface area contributed by atoms with Gasteiger partial charge in [-0.15, -0.1) is 35.3 Å². The average Bonchev–Trinajstić information content (AvgIpc) is 3.52. The molecule has 2 aromatic carbocycles. The van der Waals surface area contributed by atoms with Crippen molar-refractivity contribution in [3.63, 3.8) is 0 Å². The number of rotatable bonds is 14. The fourth-order valence-corrected chi connectivity index (χ4v) is 9.63. The maximum Gasteiger partial charge on any atom is 0.313 e. The maximum absolute atomic E-state index is 11.0. The molecule has 3 aromatic rings. The molecule has 0 radical (unpaired) electrons. The van der Waals surface area contributed by atoms with Crippen molar-refractivity contribution in [1.29, 1.82) is 0 Å². The number of nitrogens with zero attached hydrogens (tertiary/aromatic N) is 2. The molecule has 0 spiro atoms. The van der Waals surface area contributed by atoms with Crippen LogP contribution < -0.4 is 14.6 Å². The first-order chi connectivity index (χ1) is 22.1. The minimum atomic E-state index is -1.03. The van der Waals surface area contributed by atoms with Gasteiger partial charge < -0.3 is 19.9 Å². The summed E-state index contributed by atoms with van der Waals surface area (Å²) in [7, 11) is 0. The summed E-state index contributed by atoms with van der Waals surface area (Å²) in [5.41, 5.74) is 5.04. The number of anilines is 1. The number of fused-ring (bicyclic) bond motifs is 2. The number of benzene rings is 2. The molecule has 0 saturated heterocycles. The first-order valence-electron chi connectivity index (χ1n) is 15.0. The zero-order valence-electron chi connectivity index (χ0n) is 26.2. The lowest BCUT2D eigenvalue weighted by Crippen LogP contribution is -2.36. The van der Waals surface area contributed by atoms with Gasteiger partial charge in [0.15, 0.2) is 6.54 Å². The summed E-state index contributed by atoms with van der Waals surface area (Å²) < 4.78 is 3.53. The minimum absolute atomic E-state index is 0.00667. The number of thiazole rings is 1. The molecule has 0 fully saturated rings. The minimum Gasteiger partial charge on any atom is -0.549 e. The van der Waals surface area contributed by atoms with Gasteiger partial charge in [-0.3, -0.25) is 4.79 Å². The van der Waals surface area contributed by atoms with Gasteiger partial charge in [0.1, 0.15) is 4.70 Å². The summed E-state index contributed by atoms with van der Waals surface area (Å²) in [5, 5.41) is 22.3. The molecule has 0 atom stereocenters. The highest BCUT2D eigenvalue weighted by molar-refractivity contribution is 8.03. The van der Waals surface area contributed by atoms with Crippen molar-refractivity contribution < 1.29 is 24.4 Å². The molecule has 1 aliphatic carbocycles. The van der Waals surface area contributed by atoms with E-state index in [2.05, 4.69) is 102 Å². The molecule has 0 unspecified atom stereocenters. The van der Waals surface area contributed by atoms with Crippen LogP contribution in [0.4, 0.5) is 5.69 Å². The van der Waals surface area contributed by atoms with Crippen molar-refractivity contribution in [2.24, 2.45) is 5.41 Å². The van der Waals surface area contributed by atoms with Gasteiger partial charge in [-0.2, -0.15) is 4.57 Å². The predicted molar refractivity (Wildman–Crippen MR) is 197 cm³/mol. The number of para-hydroxylation sites is 1. The highest BCUT2D eigenvalue weighted by Crippen LogP contribution is 2.47. The van der Waals surface area contributed by atoms with Crippen molar-refractivity contribution in [3.8, 4) is 0 Å². The second-order valence-electron chi connectivity index (χ2n) is 11.8. The van der Waals surface area contributed by atoms with Gasteiger partial charge in [-0.1, -0.05) is 67.3 Å². The van der Waals surface area contributed by atoms with Crippen molar-refractivity contribution >= 4 is 92.3 Å². The molecule has 0 saturated carbocycles. The van der Waals surface area contributed by atoms with Gasteiger partial charge in [-0.25, -0.2) is 0 Å². The number of thioether (sulfide) groups is 4. The highest BCUT2D eigenvalue weighted by Gasteiger charge is 2.27. The molecule has 46 heavy (non-hydrogen) atoms. The van der Waals surface area contributed by atoms with Crippen LogP contribution >= 0.6 is 58.4 Å². The standard InChI is InChI=1S/C35H38N2O4S5/c1-35(2)20-24(7-6-10-31-37(14-16-44-23-34(40)41)28-19-26(42-3)11-12-30(28)45-31)17-25(21-35)18-32-36(13-15-43-22-33(38)39)27-8-4-5-9-29(27)46-32/h4-12,17-19H,13-16,20-23H2,1-3H3,(H-,38,39,40,41). The summed E-state index contributed by atoms with van der Waals surface area (Å²) in [6.45, 7) is 6.12. The molecule has 1 aliphatic heterocycles. The third-order valence-corrected chi connectivity index (χ3v) is 12.3. The molecule has 0 amide bonds. The van der Waals surface area contributed by atoms with Gasteiger partial charge in [0.2, 0.25) is 5.52 Å². The van der Waals surface area contributed by atoms with Crippen LogP contribution in [0.25, 0.3) is 16.3 Å². The molecule has 5 rings (SSSR count). The number of aliphatic carboxylic acids is 2. The van der Waals surface area contributed by atoms with Gasteiger partial charge >= 0.3 is 5.97 Å². The van der Waals surface area contributed by atoms with E-state index in [9.17, 15) is 14.7 Å². The summed E-state index contributed by atoms with van der Waals surface area (Å²) in [6.07, 6.45) is 15.2. The van der Waals surface area contributed by atoms with Crippen LogP contribution in [0.1, 0.15) is 31.7 Å². The molecule has 1 aromatic heterocycles. The van der Waals surface area contributed by atoms with Crippen molar-refractivity contribution in [2.75, 3.05) is 40.7 Å². The van der Waals surface area contributed by atoms with E-state index in [1.165, 1.54) is 65.4 Å². The van der Waals surface area contributed by atoms with E-state index in [1.54, 1.807) is 34.9 Å². The third kappa shape index (κ3) is 9.28. The Morgan fingerprint density at radius 1 is 1.11 bits per heavy atom. The number of carboxylic acids is 2. The van der Waals surface area contributed by atoms with E-state index in [-0.39, 0.29) is 16.9 Å². The number of hydrogen-bond donors (Lipinski definition) is 1. The average molecular weight is 711 g/mol. The summed E-state index contributed by atoms with van der Waals surface area (Å²) in [5.74, 6) is -0.252. The summed E-state index contributed by atoms with van der Waals surface area (Å²) in [6, 6.07) is 15.0. The van der Waals surface area contributed by atoms with E-state index in [4.69, 9.17) is 5.11 Å². The molecule has 2 aliphatic rings. The summed E-state index contributed by atoms with van der Waals surface area (Å²) in [4.78, 5) is 26.7. The molecule has 0 bridgehead atoms. The smallest absolute Gasteiger partial charge is 0.313 e. The monoisotopic (exact) mass is 710 g/mol. The number of aromatic nitrogens is 1. The molecule has 6 nitrogen and oxygen atoms in total. The highest BCUT2D eigenvalue weighted by atomic mass is 32.2. The molecule has 2 heterocycles. The van der Waals surface area contributed by atoms with Crippen molar-refractivity contribution in [1.82, 2.24) is 0 Å². The number of hydrogen-bond acceptors (Lipinski definition) is 9. The Hall–Kier alpha value is -2.57. The van der Waals surface area contributed by atoms with E-state index in [1.807, 2.05) is 0 Å². The van der Waals surface area contributed by atoms with Gasteiger partial charge in [-0.05, 0) is 66.0 Å². The Balaban J connectivity index is 1.38. The van der Waals surface area contributed by atoms with Crippen LogP contribution in [0.2, 0.25) is 0 Å². The van der Waals surface area contributed by atoms with Crippen molar-refractivity contribution in [2.45, 2.75) is 43.0 Å². The largest absolute Gasteiger partial charge is 0.549 e. The number of allylic oxidation sites excluding steroid dienone is 6. The molecular weight excluding hydrogens is 673 g/mol. The van der Waals surface area contributed by atoms with Crippen LogP contribution in [0.5, 0.6) is 0 Å².